The SMILES string of the molecule is CC(=O)NC(=O)CSC(=O)c1ccc2ncccc2c1. The second-order valence-electron chi connectivity index (χ2n) is 4.09. The lowest BCUT2D eigenvalue weighted by molar-refractivity contribution is -0.127. The second kappa shape index (κ2) is 6.29. The zero-order valence-corrected chi connectivity index (χ0v) is 11.6. The Balaban J connectivity index is 2.04. The molecule has 0 saturated heterocycles. The lowest BCUT2D eigenvalue weighted by atomic mass is 10.1. The van der Waals surface area contributed by atoms with Crippen molar-refractivity contribution in [3.63, 3.8) is 0 Å². The Morgan fingerprint density at radius 3 is 2.80 bits per heavy atom. The molecular formula is C14H12N2O3S. The number of rotatable bonds is 3. The standard InChI is InChI=1S/C14H12N2O3S/c1-9(17)16-13(18)8-20-14(19)11-4-5-12-10(7-11)3-2-6-15-12/h2-7H,8H2,1H3,(H,16,17,18). The average Bonchev–Trinajstić information content (AvgIpc) is 2.43. The summed E-state index contributed by atoms with van der Waals surface area (Å²) in [5.41, 5.74) is 1.31. The van der Waals surface area contributed by atoms with Gasteiger partial charge in [0.2, 0.25) is 16.9 Å². The minimum Gasteiger partial charge on any atom is -0.296 e. The number of thioether (sulfide) groups is 1. The Kier molecular flexibility index (Phi) is 4.47. The number of carbonyl (C=O) groups is 3. The van der Waals surface area contributed by atoms with E-state index in [2.05, 4.69) is 10.3 Å². The molecule has 1 aromatic heterocycles. The molecule has 102 valence electrons. The van der Waals surface area contributed by atoms with Gasteiger partial charge < -0.3 is 0 Å². The van der Waals surface area contributed by atoms with Crippen LogP contribution < -0.4 is 5.32 Å². The summed E-state index contributed by atoms with van der Waals surface area (Å²) < 4.78 is 0. The summed E-state index contributed by atoms with van der Waals surface area (Å²) in [5, 5.41) is 2.77. The van der Waals surface area contributed by atoms with E-state index in [1.165, 1.54) is 6.92 Å². The Morgan fingerprint density at radius 1 is 1.25 bits per heavy atom. The van der Waals surface area contributed by atoms with Gasteiger partial charge in [-0.25, -0.2) is 0 Å². The van der Waals surface area contributed by atoms with Gasteiger partial charge in [-0.1, -0.05) is 17.8 Å². The summed E-state index contributed by atoms with van der Waals surface area (Å²) in [4.78, 5) is 38.1. The number of hydrogen-bond donors (Lipinski definition) is 1. The molecule has 0 atom stereocenters. The van der Waals surface area contributed by atoms with E-state index in [0.717, 1.165) is 22.7 Å². The zero-order chi connectivity index (χ0) is 14.5. The second-order valence-corrected chi connectivity index (χ2v) is 5.04. The van der Waals surface area contributed by atoms with E-state index in [9.17, 15) is 14.4 Å². The lowest BCUT2D eigenvalue weighted by Gasteiger charge is -2.03. The summed E-state index contributed by atoms with van der Waals surface area (Å²) in [6.07, 6.45) is 1.69. The summed E-state index contributed by atoms with van der Waals surface area (Å²) >= 11 is 0.865. The molecule has 0 aliphatic carbocycles. The van der Waals surface area contributed by atoms with Crippen molar-refractivity contribution >= 4 is 39.6 Å². The van der Waals surface area contributed by atoms with E-state index < -0.39 is 11.8 Å². The lowest BCUT2D eigenvalue weighted by Crippen LogP contribution is -2.29. The van der Waals surface area contributed by atoms with Crippen LogP contribution in [0.4, 0.5) is 0 Å². The van der Waals surface area contributed by atoms with Gasteiger partial charge in [0.1, 0.15) is 0 Å². The number of imide groups is 1. The highest BCUT2D eigenvalue weighted by atomic mass is 32.2. The normalized spacial score (nSPS) is 10.2. The summed E-state index contributed by atoms with van der Waals surface area (Å²) in [6, 6.07) is 8.84. The van der Waals surface area contributed by atoms with Crippen LogP contribution in [0.3, 0.4) is 0 Å². The number of fused-ring (bicyclic) bond motifs is 1. The number of hydrogen-bond acceptors (Lipinski definition) is 5. The Labute approximate surface area is 119 Å². The molecule has 2 amide bonds. The van der Waals surface area contributed by atoms with Crippen molar-refractivity contribution in [3.8, 4) is 0 Å². The van der Waals surface area contributed by atoms with Crippen molar-refractivity contribution in [2.45, 2.75) is 6.92 Å². The van der Waals surface area contributed by atoms with Crippen LogP contribution in [-0.4, -0.2) is 27.7 Å². The summed E-state index contributed by atoms with van der Waals surface area (Å²) in [7, 11) is 0. The third-order valence-electron chi connectivity index (χ3n) is 2.49. The maximum Gasteiger partial charge on any atom is 0.237 e. The van der Waals surface area contributed by atoms with Gasteiger partial charge >= 0.3 is 0 Å². The maximum atomic E-state index is 12.0. The molecule has 2 rings (SSSR count). The van der Waals surface area contributed by atoms with Crippen molar-refractivity contribution in [1.82, 2.24) is 10.3 Å². The van der Waals surface area contributed by atoms with E-state index >= 15 is 0 Å². The third kappa shape index (κ3) is 3.64. The number of carbonyl (C=O) groups excluding carboxylic acids is 3. The third-order valence-corrected chi connectivity index (χ3v) is 3.39. The average molecular weight is 288 g/mol. The smallest absolute Gasteiger partial charge is 0.237 e. The van der Waals surface area contributed by atoms with Crippen molar-refractivity contribution in [2.24, 2.45) is 0 Å². The highest BCUT2D eigenvalue weighted by molar-refractivity contribution is 8.14. The van der Waals surface area contributed by atoms with E-state index in [1.807, 2.05) is 6.07 Å². The molecule has 0 fully saturated rings. The molecule has 20 heavy (non-hydrogen) atoms. The van der Waals surface area contributed by atoms with Gasteiger partial charge in [0.05, 0.1) is 11.3 Å². The molecule has 0 unspecified atom stereocenters. The minimum absolute atomic E-state index is 0.0799. The fourth-order valence-electron chi connectivity index (χ4n) is 1.65. The van der Waals surface area contributed by atoms with Crippen LogP contribution in [0.15, 0.2) is 36.5 Å². The summed E-state index contributed by atoms with van der Waals surface area (Å²) in [6.45, 7) is 1.25. The van der Waals surface area contributed by atoms with E-state index in [-0.39, 0.29) is 10.9 Å². The monoisotopic (exact) mass is 288 g/mol. The first-order valence-corrected chi connectivity index (χ1v) is 6.87. The van der Waals surface area contributed by atoms with Crippen molar-refractivity contribution in [1.29, 1.82) is 0 Å². The topological polar surface area (TPSA) is 76.1 Å². The van der Waals surface area contributed by atoms with Gasteiger partial charge in [0.25, 0.3) is 0 Å². The number of aromatic nitrogens is 1. The van der Waals surface area contributed by atoms with Crippen LogP contribution in [0.25, 0.3) is 10.9 Å². The van der Waals surface area contributed by atoms with Gasteiger partial charge in [-0.3, -0.25) is 24.7 Å². The van der Waals surface area contributed by atoms with Gasteiger partial charge in [0.15, 0.2) is 0 Å². The number of amides is 2. The molecule has 0 radical (unpaired) electrons. The van der Waals surface area contributed by atoms with Crippen molar-refractivity contribution in [2.75, 3.05) is 5.75 Å². The molecular weight excluding hydrogens is 276 g/mol. The van der Waals surface area contributed by atoms with Gasteiger partial charge in [-0.2, -0.15) is 0 Å². The van der Waals surface area contributed by atoms with Crippen LogP contribution in [0.2, 0.25) is 0 Å². The molecule has 5 nitrogen and oxygen atoms in total. The first-order chi connectivity index (χ1) is 9.56. The highest BCUT2D eigenvalue weighted by Gasteiger charge is 2.11. The number of benzene rings is 1. The van der Waals surface area contributed by atoms with Crippen LogP contribution in [0.5, 0.6) is 0 Å². The van der Waals surface area contributed by atoms with Crippen LogP contribution in [0, 0.1) is 0 Å². The van der Waals surface area contributed by atoms with Crippen LogP contribution in [0.1, 0.15) is 17.3 Å². The molecule has 2 aromatic rings. The van der Waals surface area contributed by atoms with E-state index in [0.29, 0.717) is 5.56 Å². The number of nitrogens with one attached hydrogen (secondary N) is 1. The van der Waals surface area contributed by atoms with Crippen molar-refractivity contribution in [3.05, 3.63) is 42.1 Å². The Hall–Kier alpha value is -2.21. The predicted molar refractivity (Wildman–Crippen MR) is 77.4 cm³/mol. The Bertz CT molecular complexity index is 685. The predicted octanol–water partition coefficient (Wildman–Crippen LogP) is 1.77. The zero-order valence-electron chi connectivity index (χ0n) is 10.8. The van der Waals surface area contributed by atoms with Crippen LogP contribution >= 0.6 is 11.8 Å². The molecule has 0 bridgehead atoms. The quantitative estimate of drug-likeness (QED) is 0.931. The van der Waals surface area contributed by atoms with Crippen LogP contribution in [-0.2, 0) is 9.59 Å². The molecule has 6 heteroatoms. The molecule has 0 aliphatic heterocycles. The minimum atomic E-state index is -0.474. The Morgan fingerprint density at radius 2 is 2.05 bits per heavy atom. The van der Waals surface area contributed by atoms with E-state index in [4.69, 9.17) is 0 Å². The number of pyridine rings is 1. The van der Waals surface area contributed by atoms with Gasteiger partial charge in [-0.15, -0.1) is 0 Å². The van der Waals surface area contributed by atoms with E-state index in [1.54, 1.807) is 30.5 Å². The molecule has 1 N–H and O–H groups in total. The molecule has 1 aromatic carbocycles. The summed E-state index contributed by atoms with van der Waals surface area (Å²) in [5.74, 6) is -0.984. The first-order valence-electron chi connectivity index (χ1n) is 5.88. The largest absolute Gasteiger partial charge is 0.296 e. The first kappa shape index (κ1) is 14.2. The molecule has 0 saturated carbocycles. The number of nitrogens with zero attached hydrogens (tertiary/aromatic N) is 1. The fourth-order valence-corrected chi connectivity index (χ4v) is 2.28. The van der Waals surface area contributed by atoms with Gasteiger partial charge in [0, 0.05) is 24.1 Å². The molecule has 0 aliphatic rings. The molecule has 0 spiro atoms. The fraction of sp³-hybridized carbons (Fsp3) is 0.143. The highest BCUT2D eigenvalue weighted by Crippen LogP contribution is 2.18. The van der Waals surface area contributed by atoms with Crippen molar-refractivity contribution < 1.29 is 14.4 Å². The molecule has 1 heterocycles. The maximum absolute atomic E-state index is 12.0. The van der Waals surface area contributed by atoms with Gasteiger partial charge in [-0.05, 0) is 24.3 Å².